The molecule has 9 N–H and O–H groups in total. The zero-order valence-corrected chi connectivity index (χ0v) is 25.4. The Hall–Kier alpha value is -4.08. The minimum Gasteiger partial charge on any atom is -0.478 e. The van der Waals surface area contributed by atoms with Crippen molar-refractivity contribution >= 4 is 34.6 Å². The molecule has 4 rings (SSSR count). The molecular weight excluding hydrogens is 552 g/mol. The number of aliphatic hydroxyl groups excluding tert-OH is 1. The molecule has 0 amide bonds. The van der Waals surface area contributed by atoms with E-state index in [4.69, 9.17) is 27.6 Å². The van der Waals surface area contributed by atoms with Crippen molar-refractivity contribution in [2.24, 2.45) is 28.1 Å². The molecule has 9 nitrogen and oxygen atoms in total. The summed E-state index contributed by atoms with van der Waals surface area (Å²) in [5.41, 5.74) is 20.9. The fourth-order valence-corrected chi connectivity index (χ4v) is 6.26. The Bertz CT molecular complexity index is 1430. The number of rotatable bonds is 18. The topological polar surface area (TPSA) is 178 Å². The average molecular weight is 600 g/mol. The van der Waals surface area contributed by atoms with E-state index in [1.165, 1.54) is 28.0 Å². The van der Waals surface area contributed by atoms with Crippen LogP contribution in [0.4, 0.5) is 5.82 Å². The molecule has 1 aromatic heterocycles. The molecular formula is C35H47N6O3-. The van der Waals surface area contributed by atoms with Crippen molar-refractivity contribution in [3.8, 4) is 0 Å². The Kier molecular flexibility index (Phi) is 12.4. The van der Waals surface area contributed by atoms with Crippen molar-refractivity contribution in [1.82, 2.24) is 4.98 Å². The number of fused-ring (bicyclic) bond motifs is 2. The standard InChI is InChI=1S/C35H47N6O3/c36-29(11-3-1-2-6-18-42)12-7-13-30-27(16-15-26-19-24-9-4-5-10-25(24)20-31(26)30)21-32(41-33-14-8-17-39-33)28(22-34(43)44)23-40-35(37)38/h4-5,8-10,14-17,19-20,22,27,29-30,32,39,42H,1-3,6-7,11-13,18,21,23,36H2,(H,43,44)(H4,37,38,40)/q-1. The van der Waals surface area contributed by atoms with E-state index in [0.29, 0.717) is 17.8 Å². The van der Waals surface area contributed by atoms with E-state index in [1.807, 2.05) is 12.1 Å². The minimum atomic E-state index is -1.06. The van der Waals surface area contributed by atoms with Gasteiger partial charge in [-0.2, -0.15) is 0 Å². The van der Waals surface area contributed by atoms with Gasteiger partial charge in [-0.1, -0.05) is 92.3 Å². The summed E-state index contributed by atoms with van der Waals surface area (Å²) >= 11 is 0. The first kappa shape index (κ1) is 32.8. The molecule has 1 heterocycles. The van der Waals surface area contributed by atoms with Crippen LogP contribution in [0, 0.1) is 5.92 Å². The second kappa shape index (κ2) is 16.7. The number of carbonyl (C=O) groups is 1. The largest absolute Gasteiger partial charge is 0.478 e. The highest BCUT2D eigenvalue weighted by molar-refractivity contribution is 5.87. The lowest BCUT2D eigenvalue weighted by Gasteiger charge is -2.36. The van der Waals surface area contributed by atoms with Crippen LogP contribution in [0.15, 0.2) is 77.4 Å². The lowest BCUT2D eigenvalue weighted by molar-refractivity contribution is -0.131. The van der Waals surface area contributed by atoms with E-state index < -0.39 is 12.0 Å². The number of nitrogens with two attached hydrogens (primary N) is 3. The van der Waals surface area contributed by atoms with Crippen molar-refractivity contribution in [3.05, 3.63) is 88.9 Å². The number of carboxylic acids is 1. The first-order valence-electron chi connectivity index (χ1n) is 15.7. The van der Waals surface area contributed by atoms with Crippen molar-refractivity contribution < 1.29 is 15.0 Å². The molecule has 0 radical (unpaired) electrons. The van der Waals surface area contributed by atoms with Crippen molar-refractivity contribution in [2.75, 3.05) is 13.2 Å². The molecule has 0 aliphatic heterocycles. The summed E-state index contributed by atoms with van der Waals surface area (Å²) in [5.74, 6) is -0.162. The number of H-pyrrole nitrogens is 1. The fourth-order valence-electron chi connectivity index (χ4n) is 6.26. The molecule has 3 aromatic rings. The molecule has 1 aliphatic rings. The predicted molar refractivity (Wildman–Crippen MR) is 180 cm³/mol. The number of aliphatic carboxylic acids is 1. The molecule has 4 unspecified atom stereocenters. The molecule has 0 spiro atoms. The predicted octanol–water partition coefficient (Wildman–Crippen LogP) is 6.08. The van der Waals surface area contributed by atoms with Crippen molar-refractivity contribution in [2.45, 2.75) is 75.8 Å². The summed E-state index contributed by atoms with van der Waals surface area (Å²) in [6.07, 6.45) is 16.0. The van der Waals surface area contributed by atoms with Gasteiger partial charge in [-0.3, -0.25) is 0 Å². The van der Waals surface area contributed by atoms with Crippen molar-refractivity contribution in [1.29, 1.82) is 0 Å². The van der Waals surface area contributed by atoms with E-state index in [-0.39, 0.29) is 37.0 Å². The van der Waals surface area contributed by atoms with Gasteiger partial charge in [0.15, 0.2) is 5.96 Å². The minimum absolute atomic E-state index is 0.0546. The summed E-state index contributed by atoms with van der Waals surface area (Å²) in [5, 5.41) is 26.1. The van der Waals surface area contributed by atoms with Gasteiger partial charge in [0.2, 0.25) is 0 Å². The summed E-state index contributed by atoms with van der Waals surface area (Å²) in [6, 6.07) is 16.4. The van der Waals surface area contributed by atoms with E-state index in [2.05, 4.69) is 58.5 Å². The van der Waals surface area contributed by atoms with Crippen LogP contribution in [-0.2, 0) is 4.79 Å². The molecule has 0 bridgehead atoms. The van der Waals surface area contributed by atoms with Gasteiger partial charge in [-0.25, -0.2) is 9.79 Å². The Morgan fingerprint density at radius 2 is 1.77 bits per heavy atom. The molecule has 44 heavy (non-hydrogen) atoms. The quantitative estimate of drug-likeness (QED) is 0.0446. The van der Waals surface area contributed by atoms with Gasteiger partial charge >= 0.3 is 5.97 Å². The van der Waals surface area contributed by atoms with Gasteiger partial charge < -0.3 is 37.7 Å². The van der Waals surface area contributed by atoms with Crippen LogP contribution < -0.4 is 17.2 Å². The molecule has 236 valence electrons. The summed E-state index contributed by atoms with van der Waals surface area (Å²) in [6.45, 7) is 0.305. The third-order valence-electron chi connectivity index (χ3n) is 8.52. The number of allylic oxidation sites excluding steroid dienone is 1. The maximum atomic E-state index is 11.9. The Morgan fingerprint density at radius 3 is 2.48 bits per heavy atom. The van der Waals surface area contributed by atoms with Crippen LogP contribution in [-0.4, -0.2) is 52.4 Å². The summed E-state index contributed by atoms with van der Waals surface area (Å²) in [7, 11) is 0. The van der Waals surface area contributed by atoms with Crippen LogP contribution in [0.3, 0.4) is 0 Å². The average Bonchev–Trinajstić information content (AvgIpc) is 3.51. The van der Waals surface area contributed by atoms with Gasteiger partial charge in [0.25, 0.3) is 0 Å². The fraction of sp³-hybridized carbons (Fsp3) is 0.429. The van der Waals surface area contributed by atoms with Crippen LogP contribution in [0.2, 0.25) is 0 Å². The smallest absolute Gasteiger partial charge is 0.328 e. The maximum absolute atomic E-state index is 11.9. The van der Waals surface area contributed by atoms with Gasteiger partial charge in [-0.15, -0.1) is 0 Å². The second-order valence-electron chi connectivity index (χ2n) is 11.8. The first-order valence-corrected chi connectivity index (χ1v) is 15.7. The number of guanidine groups is 1. The monoisotopic (exact) mass is 599 g/mol. The van der Waals surface area contributed by atoms with Crippen molar-refractivity contribution in [3.63, 3.8) is 0 Å². The zero-order valence-electron chi connectivity index (χ0n) is 25.4. The summed E-state index contributed by atoms with van der Waals surface area (Å²) < 4.78 is 0. The third-order valence-corrected chi connectivity index (χ3v) is 8.52. The third kappa shape index (κ3) is 9.72. The highest BCUT2D eigenvalue weighted by Crippen LogP contribution is 2.43. The summed E-state index contributed by atoms with van der Waals surface area (Å²) in [4.78, 5) is 19.1. The maximum Gasteiger partial charge on any atom is 0.328 e. The van der Waals surface area contributed by atoms with Gasteiger partial charge in [0.05, 0.1) is 6.54 Å². The van der Waals surface area contributed by atoms with E-state index in [9.17, 15) is 9.90 Å². The number of nitrogens with zero attached hydrogens (tertiary/aromatic N) is 2. The SMILES string of the molecule is NC(N)=NCC(=CC(=O)O)C(CC1C=Cc2cc3ccccc3cc2C1CCCC(N)CCCCCCO)[N-]c1ccc[nH]1. The van der Waals surface area contributed by atoms with Crippen LogP contribution in [0.25, 0.3) is 22.2 Å². The van der Waals surface area contributed by atoms with Gasteiger partial charge in [-0.05, 0) is 83.5 Å². The lowest BCUT2D eigenvalue weighted by Crippen LogP contribution is -2.26. The second-order valence-corrected chi connectivity index (χ2v) is 11.8. The number of benzene rings is 2. The first-order chi connectivity index (χ1) is 21.3. The lowest BCUT2D eigenvalue weighted by atomic mass is 9.73. The molecule has 9 heteroatoms. The van der Waals surface area contributed by atoms with E-state index in [0.717, 1.165) is 51.4 Å². The molecule has 0 saturated heterocycles. The number of unbranched alkanes of at least 4 members (excludes halogenated alkanes) is 3. The highest BCUT2D eigenvalue weighted by Gasteiger charge is 2.29. The number of aromatic amines is 1. The number of hydrogen-bond acceptors (Lipinski definition) is 4. The Labute approximate surface area is 260 Å². The number of nitrogens with one attached hydrogen (secondary N) is 1. The molecule has 2 aromatic carbocycles. The van der Waals surface area contributed by atoms with Gasteiger partial charge in [0, 0.05) is 18.7 Å². The number of carboxylic acid groups (broad SMARTS) is 1. The molecule has 1 aliphatic carbocycles. The van der Waals surface area contributed by atoms with E-state index >= 15 is 0 Å². The number of hydrogen-bond donors (Lipinski definition) is 6. The number of aliphatic imine (C=N–C) groups is 1. The van der Waals surface area contributed by atoms with Crippen LogP contribution in [0.1, 0.15) is 74.8 Å². The number of aromatic nitrogens is 1. The zero-order chi connectivity index (χ0) is 31.3. The van der Waals surface area contributed by atoms with Gasteiger partial charge in [0.1, 0.15) is 0 Å². The molecule has 0 fully saturated rings. The normalized spacial score (nSPS) is 17.6. The highest BCUT2D eigenvalue weighted by atomic mass is 16.4. The Balaban J connectivity index is 1.59. The van der Waals surface area contributed by atoms with Crippen LogP contribution >= 0.6 is 0 Å². The van der Waals surface area contributed by atoms with E-state index in [1.54, 1.807) is 6.20 Å². The van der Waals surface area contributed by atoms with Crippen LogP contribution in [0.5, 0.6) is 0 Å². The Morgan fingerprint density at radius 1 is 1.02 bits per heavy atom. The number of aliphatic hydroxyl groups is 1. The molecule has 0 saturated carbocycles. The molecule has 4 atom stereocenters.